The summed E-state index contributed by atoms with van der Waals surface area (Å²) in [5.41, 5.74) is 0.389. The smallest absolute Gasteiger partial charge is 0.256 e. The van der Waals surface area contributed by atoms with E-state index < -0.39 is 0 Å². The normalized spacial score (nSPS) is 27.1. The summed E-state index contributed by atoms with van der Waals surface area (Å²) < 4.78 is 5.21. The molecule has 2 unspecified atom stereocenters. The van der Waals surface area contributed by atoms with Crippen molar-refractivity contribution in [3.63, 3.8) is 0 Å². The maximum absolute atomic E-state index is 12.8. The molecule has 0 aliphatic carbocycles. The number of carbonyl (C=O) groups excluding carboxylic acids is 1. The number of ether oxygens (including phenoxy) is 1. The first-order valence-corrected chi connectivity index (χ1v) is 9.03. The number of methoxy groups -OCH3 is 1. The largest absolute Gasteiger partial charge is 0.497 e. The number of rotatable bonds is 6. The summed E-state index contributed by atoms with van der Waals surface area (Å²) in [7, 11) is 3.67. The number of hydrogen-bond acceptors (Lipinski definition) is 4. The lowest BCUT2D eigenvalue weighted by molar-refractivity contribution is -0.120. The lowest BCUT2D eigenvalue weighted by Crippen LogP contribution is -2.59. The second kappa shape index (κ2) is 8.06. The van der Waals surface area contributed by atoms with E-state index in [2.05, 4.69) is 37.7 Å². The molecule has 0 bridgehead atoms. The molecule has 1 fully saturated rings. The fourth-order valence-corrected chi connectivity index (χ4v) is 3.30. The first-order chi connectivity index (χ1) is 10.3. The number of nitrogens with one attached hydrogen (secondary N) is 1. The Morgan fingerprint density at radius 1 is 1.55 bits per heavy atom. The van der Waals surface area contributed by atoms with Crippen molar-refractivity contribution in [3.8, 4) is 0 Å². The van der Waals surface area contributed by atoms with Gasteiger partial charge in [-0.25, -0.2) is 0 Å². The highest BCUT2D eigenvalue weighted by Gasteiger charge is 2.37. The van der Waals surface area contributed by atoms with Crippen LogP contribution in [0.4, 0.5) is 0 Å². The minimum atomic E-state index is -0.170. The molecule has 0 aromatic heterocycles. The molecule has 0 saturated carbocycles. The van der Waals surface area contributed by atoms with Gasteiger partial charge < -0.3 is 15.0 Å². The van der Waals surface area contributed by atoms with Crippen LogP contribution in [0.25, 0.3) is 0 Å². The Hall–Kier alpha value is -0.940. The average molecular weight is 327 g/mol. The molecule has 1 heterocycles. The summed E-state index contributed by atoms with van der Waals surface area (Å²) in [5, 5.41) is 3.27. The molecule has 126 valence electrons. The van der Waals surface area contributed by atoms with Gasteiger partial charge in [0.05, 0.1) is 18.2 Å². The minimum Gasteiger partial charge on any atom is -0.497 e. The van der Waals surface area contributed by atoms with E-state index in [-0.39, 0.29) is 11.4 Å². The van der Waals surface area contributed by atoms with Gasteiger partial charge >= 0.3 is 0 Å². The van der Waals surface area contributed by atoms with Crippen LogP contribution in [0, 0.1) is 0 Å². The summed E-state index contributed by atoms with van der Waals surface area (Å²) in [6.07, 6.45) is 4.97. The highest BCUT2D eigenvalue weighted by atomic mass is 32.2. The van der Waals surface area contributed by atoms with Crippen LogP contribution in [0.15, 0.2) is 22.8 Å². The Bertz CT molecular complexity index is 462. The summed E-state index contributed by atoms with van der Waals surface area (Å²) in [4.78, 5) is 16.1. The molecular weight excluding hydrogens is 296 g/mol. The molecule has 22 heavy (non-hydrogen) atoms. The molecule has 0 radical (unpaired) electrons. The van der Waals surface area contributed by atoms with E-state index >= 15 is 0 Å². The van der Waals surface area contributed by atoms with Gasteiger partial charge in [0.1, 0.15) is 5.76 Å². The zero-order valence-corrected chi connectivity index (χ0v) is 15.6. The molecule has 1 N–H and O–H groups in total. The van der Waals surface area contributed by atoms with Crippen molar-refractivity contribution in [2.24, 2.45) is 0 Å². The lowest BCUT2D eigenvalue weighted by atomic mass is 9.83. The molecule has 1 aliphatic heterocycles. The maximum Gasteiger partial charge on any atom is 0.256 e. The molecule has 5 heteroatoms. The molecule has 1 rings (SSSR count). The summed E-state index contributed by atoms with van der Waals surface area (Å²) in [5.74, 6) is 0.344. The van der Waals surface area contributed by atoms with Gasteiger partial charge in [-0.15, -0.1) is 11.8 Å². The van der Waals surface area contributed by atoms with E-state index in [0.29, 0.717) is 17.4 Å². The third-order valence-corrected chi connectivity index (χ3v) is 5.63. The average Bonchev–Trinajstić information content (AvgIpc) is 2.50. The Balaban J connectivity index is 2.99. The number of carbonyl (C=O) groups is 1. The number of nitrogens with zero attached hydrogens (tertiary/aromatic N) is 1. The molecule has 0 aromatic rings. The van der Waals surface area contributed by atoms with Crippen LogP contribution in [0.5, 0.6) is 0 Å². The van der Waals surface area contributed by atoms with Gasteiger partial charge in [0.2, 0.25) is 0 Å². The van der Waals surface area contributed by atoms with Gasteiger partial charge in [0.25, 0.3) is 5.91 Å². The first-order valence-electron chi connectivity index (χ1n) is 7.81. The number of hydrogen-bond donors (Lipinski definition) is 1. The number of thioether (sulfide) groups is 1. The van der Waals surface area contributed by atoms with Gasteiger partial charge in [-0.3, -0.25) is 4.79 Å². The number of piperidine rings is 1. The molecular formula is C17H30N2O2S. The Morgan fingerprint density at radius 2 is 2.18 bits per heavy atom. The van der Waals surface area contributed by atoms with Crippen molar-refractivity contribution in [3.05, 3.63) is 22.8 Å². The van der Waals surface area contributed by atoms with E-state index in [1.165, 1.54) is 0 Å². The molecule has 1 amide bonds. The van der Waals surface area contributed by atoms with E-state index in [9.17, 15) is 4.79 Å². The topological polar surface area (TPSA) is 41.6 Å². The van der Waals surface area contributed by atoms with Crippen molar-refractivity contribution in [1.29, 1.82) is 0 Å². The number of amides is 1. The minimum absolute atomic E-state index is 0.0801. The summed E-state index contributed by atoms with van der Waals surface area (Å²) in [6, 6.07) is 0.563. The van der Waals surface area contributed by atoms with Crippen molar-refractivity contribution in [2.45, 2.75) is 51.6 Å². The number of allylic oxidation sites excluding steroid dienone is 1. The van der Waals surface area contributed by atoms with E-state index in [1.807, 2.05) is 13.2 Å². The predicted molar refractivity (Wildman–Crippen MR) is 94.9 cm³/mol. The van der Waals surface area contributed by atoms with Crippen LogP contribution < -0.4 is 5.32 Å². The second-order valence-corrected chi connectivity index (χ2v) is 7.17. The molecule has 1 saturated heterocycles. The van der Waals surface area contributed by atoms with Crippen LogP contribution in [0.3, 0.4) is 0 Å². The molecule has 0 aromatic carbocycles. The Kier molecular flexibility index (Phi) is 7.00. The SMILES string of the molecule is C=C(OC)C(C(=O)NC1(CC)CCC(C)N(C)C1)=C(C)SC. The van der Waals surface area contributed by atoms with E-state index in [0.717, 1.165) is 30.7 Å². The van der Waals surface area contributed by atoms with Crippen molar-refractivity contribution in [2.75, 3.05) is 27.0 Å². The fraction of sp³-hybridized carbons (Fsp3) is 0.706. The van der Waals surface area contributed by atoms with Gasteiger partial charge in [-0.1, -0.05) is 13.5 Å². The van der Waals surface area contributed by atoms with Gasteiger partial charge in [-0.05, 0) is 51.3 Å². The second-order valence-electron chi connectivity index (χ2n) is 6.15. The highest BCUT2D eigenvalue weighted by Crippen LogP contribution is 2.29. The zero-order valence-electron chi connectivity index (χ0n) is 14.8. The standard InChI is InChI=1S/C17H30N2O2S/c1-8-17(10-9-12(2)19(5)11-17)18-16(20)15(13(3)21-6)14(4)22-7/h12H,3,8-11H2,1-2,4-7H3,(H,18,20). The molecule has 0 spiro atoms. The van der Waals surface area contributed by atoms with Crippen molar-refractivity contribution < 1.29 is 9.53 Å². The van der Waals surface area contributed by atoms with Gasteiger partial charge in [-0.2, -0.15) is 0 Å². The highest BCUT2D eigenvalue weighted by molar-refractivity contribution is 8.02. The lowest BCUT2D eigenvalue weighted by Gasteiger charge is -2.45. The van der Waals surface area contributed by atoms with Crippen LogP contribution in [-0.2, 0) is 9.53 Å². The third kappa shape index (κ3) is 4.29. The molecule has 4 nitrogen and oxygen atoms in total. The van der Waals surface area contributed by atoms with Gasteiger partial charge in [0.15, 0.2) is 0 Å². The quantitative estimate of drug-likeness (QED) is 0.462. The predicted octanol–water partition coefficient (Wildman–Crippen LogP) is 3.16. The van der Waals surface area contributed by atoms with Crippen LogP contribution in [0.1, 0.15) is 40.0 Å². The first kappa shape index (κ1) is 19.1. The van der Waals surface area contributed by atoms with Crippen LogP contribution in [-0.4, -0.2) is 49.3 Å². The van der Waals surface area contributed by atoms with E-state index in [1.54, 1.807) is 18.9 Å². The van der Waals surface area contributed by atoms with Crippen molar-refractivity contribution >= 4 is 17.7 Å². The summed E-state index contributed by atoms with van der Waals surface area (Å²) in [6.45, 7) is 11.0. The Morgan fingerprint density at radius 3 is 2.64 bits per heavy atom. The van der Waals surface area contributed by atoms with Crippen molar-refractivity contribution in [1.82, 2.24) is 10.2 Å². The third-order valence-electron chi connectivity index (χ3n) is 4.81. The maximum atomic E-state index is 12.8. The number of likely N-dealkylation sites (tertiary alicyclic amines) is 1. The monoisotopic (exact) mass is 326 g/mol. The van der Waals surface area contributed by atoms with Crippen LogP contribution in [0.2, 0.25) is 0 Å². The van der Waals surface area contributed by atoms with Crippen LogP contribution >= 0.6 is 11.8 Å². The van der Waals surface area contributed by atoms with Gasteiger partial charge in [0, 0.05) is 12.6 Å². The molecule has 1 aliphatic rings. The Labute approximate surface area is 139 Å². The molecule has 2 atom stereocenters. The summed E-state index contributed by atoms with van der Waals surface area (Å²) >= 11 is 1.54. The van der Waals surface area contributed by atoms with E-state index in [4.69, 9.17) is 4.74 Å². The zero-order chi connectivity index (χ0) is 16.9. The fourth-order valence-electron chi connectivity index (χ4n) is 2.89. The number of likely N-dealkylation sites (N-methyl/N-ethyl adjacent to an activating group) is 1.